The Balaban J connectivity index is 2.97. The summed E-state index contributed by atoms with van der Waals surface area (Å²) in [6, 6.07) is 5.98. The van der Waals surface area contributed by atoms with Crippen molar-refractivity contribution in [1.29, 1.82) is 0 Å². The highest BCUT2D eigenvalue weighted by molar-refractivity contribution is 7.86. The molecule has 0 amide bonds. The van der Waals surface area contributed by atoms with E-state index in [0.29, 0.717) is 5.69 Å². The van der Waals surface area contributed by atoms with Crippen LogP contribution in [0.2, 0.25) is 0 Å². The highest BCUT2D eigenvalue weighted by atomic mass is 32.2. The first-order valence-electron chi connectivity index (χ1n) is 4.06. The molecule has 0 unspecified atom stereocenters. The molecule has 0 aliphatic rings. The standard InChI is InChI=1S/C8H12N2O3S/c1-2-13-14(11,12)8-5-3-7(10-9)4-6-8/h3-6,10H,2,9H2,1H3. The van der Waals surface area contributed by atoms with Crippen LogP contribution in [0.25, 0.3) is 0 Å². The first-order valence-corrected chi connectivity index (χ1v) is 5.47. The smallest absolute Gasteiger partial charge is 0.296 e. The van der Waals surface area contributed by atoms with E-state index in [1.165, 1.54) is 12.1 Å². The summed E-state index contributed by atoms with van der Waals surface area (Å²) in [5.74, 6) is 5.14. The number of anilines is 1. The fraction of sp³-hybridized carbons (Fsp3) is 0.250. The number of hydrazine groups is 1. The first kappa shape index (κ1) is 11.0. The summed E-state index contributed by atoms with van der Waals surface area (Å²) < 4.78 is 27.3. The molecule has 1 aromatic rings. The maximum absolute atomic E-state index is 11.4. The topological polar surface area (TPSA) is 81.4 Å². The van der Waals surface area contributed by atoms with E-state index >= 15 is 0 Å². The van der Waals surface area contributed by atoms with E-state index in [0.717, 1.165) is 0 Å². The molecule has 0 spiro atoms. The quantitative estimate of drug-likeness (QED) is 0.440. The molecule has 5 nitrogen and oxygen atoms in total. The predicted octanol–water partition coefficient (Wildman–Crippen LogP) is 0.697. The van der Waals surface area contributed by atoms with Crippen molar-refractivity contribution in [2.45, 2.75) is 11.8 Å². The van der Waals surface area contributed by atoms with Crippen LogP contribution in [0.3, 0.4) is 0 Å². The summed E-state index contributed by atoms with van der Waals surface area (Å²) in [7, 11) is -3.60. The summed E-state index contributed by atoms with van der Waals surface area (Å²) in [6.07, 6.45) is 0. The van der Waals surface area contributed by atoms with Crippen molar-refractivity contribution in [1.82, 2.24) is 0 Å². The predicted molar refractivity (Wildman–Crippen MR) is 53.1 cm³/mol. The zero-order valence-corrected chi connectivity index (χ0v) is 8.54. The summed E-state index contributed by atoms with van der Waals surface area (Å²) in [5, 5.41) is 0. The number of hydrogen-bond donors (Lipinski definition) is 2. The van der Waals surface area contributed by atoms with Gasteiger partial charge in [0.15, 0.2) is 0 Å². The number of nitrogens with two attached hydrogens (primary N) is 1. The Labute approximate surface area is 83.0 Å². The highest BCUT2D eigenvalue weighted by Gasteiger charge is 2.13. The highest BCUT2D eigenvalue weighted by Crippen LogP contribution is 2.15. The minimum absolute atomic E-state index is 0.123. The Morgan fingerprint density at radius 3 is 2.36 bits per heavy atom. The molecule has 0 saturated carbocycles. The van der Waals surface area contributed by atoms with Crippen molar-refractivity contribution in [3.05, 3.63) is 24.3 Å². The average molecular weight is 216 g/mol. The van der Waals surface area contributed by atoms with Crippen LogP contribution in [0.15, 0.2) is 29.2 Å². The van der Waals surface area contributed by atoms with Gasteiger partial charge in [-0.3, -0.25) is 10.0 Å². The molecule has 78 valence electrons. The van der Waals surface area contributed by atoms with E-state index in [4.69, 9.17) is 5.84 Å². The van der Waals surface area contributed by atoms with Crippen LogP contribution in [0.5, 0.6) is 0 Å². The van der Waals surface area contributed by atoms with Crippen molar-refractivity contribution < 1.29 is 12.6 Å². The van der Waals surface area contributed by atoms with Gasteiger partial charge >= 0.3 is 0 Å². The molecule has 14 heavy (non-hydrogen) atoms. The van der Waals surface area contributed by atoms with Gasteiger partial charge in [0.2, 0.25) is 0 Å². The Bertz CT molecular complexity index is 386. The van der Waals surface area contributed by atoms with Gasteiger partial charge in [-0.15, -0.1) is 0 Å². The average Bonchev–Trinajstić information content (AvgIpc) is 2.18. The summed E-state index contributed by atoms with van der Waals surface area (Å²) in [6.45, 7) is 1.74. The largest absolute Gasteiger partial charge is 0.324 e. The Morgan fingerprint density at radius 1 is 1.36 bits per heavy atom. The minimum Gasteiger partial charge on any atom is -0.324 e. The Kier molecular flexibility index (Phi) is 3.45. The van der Waals surface area contributed by atoms with Crippen molar-refractivity contribution in [3.63, 3.8) is 0 Å². The molecule has 6 heteroatoms. The van der Waals surface area contributed by atoms with Gasteiger partial charge < -0.3 is 5.43 Å². The normalized spacial score (nSPS) is 11.3. The molecule has 0 aliphatic heterocycles. The Morgan fingerprint density at radius 2 is 1.93 bits per heavy atom. The molecule has 0 radical (unpaired) electrons. The van der Waals surface area contributed by atoms with Crippen molar-refractivity contribution in [2.24, 2.45) is 5.84 Å². The lowest BCUT2D eigenvalue weighted by Gasteiger charge is -2.04. The van der Waals surface area contributed by atoms with E-state index in [9.17, 15) is 8.42 Å². The molecule has 1 rings (SSSR count). The van der Waals surface area contributed by atoms with Gasteiger partial charge in [-0.05, 0) is 31.2 Å². The summed E-state index contributed by atoms with van der Waals surface area (Å²) >= 11 is 0. The monoisotopic (exact) mass is 216 g/mol. The summed E-state index contributed by atoms with van der Waals surface area (Å²) in [5.41, 5.74) is 3.04. The van der Waals surface area contributed by atoms with Crippen LogP contribution in [-0.2, 0) is 14.3 Å². The zero-order chi connectivity index (χ0) is 10.6. The zero-order valence-electron chi connectivity index (χ0n) is 7.73. The lowest BCUT2D eigenvalue weighted by atomic mass is 10.3. The van der Waals surface area contributed by atoms with Crippen LogP contribution in [0.1, 0.15) is 6.92 Å². The van der Waals surface area contributed by atoms with E-state index < -0.39 is 10.1 Å². The molecule has 3 N–H and O–H groups in total. The van der Waals surface area contributed by atoms with Crippen molar-refractivity contribution in [3.8, 4) is 0 Å². The van der Waals surface area contributed by atoms with E-state index in [1.54, 1.807) is 19.1 Å². The number of benzene rings is 1. The van der Waals surface area contributed by atoms with Gasteiger partial charge in [-0.25, -0.2) is 0 Å². The fourth-order valence-electron chi connectivity index (χ4n) is 0.941. The van der Waals surface area contributed by atoms with Gasteiger partial charge in [0.1, 0.15) is 0 Å². The van der Waals surface area contributed by atoms with Crippen molar-refractivity contribution in [2.75, 3.05) is 12.0 Å². The van der Waals surface area contributed by atoms with Gasteiger partial charge in [0.25, 0.3) is 10.1 Å². The van der Waals surface area contributed by atoms with E-state index in [2.05, 4.69) is 9.61 Å². The van der Waals surface area contributed by atoms with Crippen LogP contribution in [0.4, 0.5) is 5.69 Å². The lowest BCUT2D eigenvalue weighted by Crippen LogP contribution is -2.08. The second kappa shape index (κ2) is 4.41. The molecule has 0 aliphatic carbocycles. The first-order chi connectivity index (χ1) is 6.60. The molecular formula is C8H12N2O3S. The molecular weight excluding hydrogens is 204 g/mol. The third-order valence-corrected chi connectivity index (χ3v) is 2.98. The van der Waals surface area contributed by atoms with Gasteiger partial charge in [0, 0.05) is 5.69 Å². The lowest BCUT2D eigenvalue weighted by molar-refractivity contribution is 0.338. The molecule has 1 aromatic carbocycles. The molecule has 0 saturated heterocycles. The SMILES string of the molecule is CCOS(=O)(=O)c1ccc(NN)cc1. The van der Waals surface area contributed by atoms with Crippen LogP contribution in [-0.4, -0.2) is 15.0 Å². The fourth-order valence-corrected chi connectivity index (χ4v) is 1.86. The third-order valence-electron chi connectivity index (χ3n) is 1.58. The Hall–Kier alpha value is -1.11. The second-order valence-corrected chi connectivity index (χ2v) is 4.14. The molecule has 0 bridgehead atoms. The minimum atomic E-state index is -3.60. The van der Waals surface area contributed by atoms with Crippen LogP contribution >= 0.6 is 0 Å². The number of nitrogen functional groups attached to an aromatic ring is 1. The van der Waals surface area contributed by atoms with Gasteiger partial charge in [-0.2, -0.15) is 8.42 Å². The van der Waals surface area contributed by atoms with Crippen molar-refractivity contribution >= 4 is 15.8 Å². The van der Waals surface area contributed by atoms with Crippen LogP contribution < -0.4 is 11.3 Å². The third kappa shape index (κ3) is 2.44. The molecule has 0 fully saturated rings. The van der Waals surface area contributed by atoms with Gasteiger partial charge in [0.05, 0.1) is 11.5 Å². The molecule has 0 aromatic heterocycles. The summed E-state index contributed by atoms with van der Waals surface area (Å²) in [4.78, 5) is 0.123. The van der Waals surface area contributed by atoms with Gasteiger partial charge in [-0.1, -0.05) is 0 Å². The maximum atomic E-state index is 11.4. The number of nitrogens with one attached hydrogen (secondary N) is 1. The number of hydrogen-bond acceptors (Lipinski definition) is 5. The van der Waals surface area contributed by atoms with Crippen LogP contribution in [0, 0.1) is 0 Å². The van der Waals surface area contributed by atoms with E-state index in [1.807, 2.05) is 0 Å². The molecule has 0 atom stereocenters. The second-order valence-electron chi connectivity index (χ2n) is 2.53. The molecule has 0 heterocycles. The van der Waals surface area contributed by atoms with E-state index in [-0.39, 0.29) is 11.5 Å². The number of rotatable bonds is 4. The maximum Gasteiger partial charge on any atom is 0.296 e.